The highest BCUT2D eigenvalue weighted by atomic mass is 19.1. The van der Waals surface area contributed by atoms with Gasteiger partial charge in [0.2, 0.25) is 5.95 Å². The van der Waals surface area contributed by atoms with Crippen LogP contribution in [-0.4, -0.2) is 16.5 Å². The van der Waals surface area contributed by atoms with Gasteiger partial charge in [-0.1, -0.05) is 30.3 Å². The van der Waals surface area contributed by atoms with E-state index in [1.807, 2.05) is 18.2 Å². The maximum Gasteiger partial charge on any atom is 0.222 e. The summed E-state index contributed by atoms with van der Waals surface area (Å²) >= 11 is 0. The van der Waals surface area contributed by atoms with Crippen molar-refractivity contribution in [1.29, 1.82) is 0 Å². The molecule has 3 N–H and O–H groups in total. The first-order chi connectivity index (χ1) is 8.75. The Hall–Kier alpha value is -2.17. The fraction of sp³-hybridized carbons (Fsp3) is 0.231. The monoisotopic (exact) mass is 246 g/mol. The van der Waals surface area contributed by atoms with Gasteiger partial charge in [0.05, 0.1) is 6.20 Å². The van der Waals surface area contributed by atoms with Crippen molar-refractivity contribution in [3.63, 3.8) is 0 Å². The second-order valence-corrected chi connectivity index (χ2v) is 3.94. The standard InChI is InChI=1S/C13H15FN4/c14-11-9-17-13(15)18-12(11)16-8-4-7-10-5-2-1-3-6-10/h1-3,5-6,9H,4,7-8H2,(H3,15,16,17,18). The van der Waals surface area contributed by atoms with Gasteiger partial charge in [0.15, 0.2) is 11.6 Å². The zero-order valence-corrected chi connectivity index (χ0v) is 9.94. The number of aromatic nitrogens is 2. The average Bonchev–Trinajstić information content (AvgIpc) is 2.40. The fourth-order valence-electron chi connectivity index (χ4n) is 1.65. The predicted molar refractivity (Wildman–Crippen MR) is 69.7 cm³/mol. The molecule has 0 atom stereocenters. The zero-order chi connectivity index (χ0) is 12.8. The summed E-state index contributed by atoms with van der Waals surface area (Å²) < 4.78 is 13.3. The van der Waals surface area contributed by atoms with Gasteiger partial charge < -0.3 is 11.1 Å². The van der Waals surface area contributed by atoms with E-state index < -0.39 is 5.82 Å². The largest absolute Gasteiger partial charge is 0.368 e. The number of benzene rings is 1. The molecule has 0 unspecified atom stereocenters. The van der Waals surface area contributed by atoms with Crippen LogP contribution in [-0.2, 0) is 6.42 Å². The lowest BCUT2D eigenvalue weighted by atomic mass is 10.1. The van der Waals surface area contributed by atoms with Crippen molar-refractivity contribution in [3.8, 4) is 0 Å². The van der Waals surface area contributed by atoms with Crippen LogP contribution in [0.5, 0.6) is 0 Å². The number of halogens is 1. The van der Waals surface area contributed by atoms with Crippen LogP contribution in [0.15, 0.2) is 36.5 Å². The average molecular weight is 246 g/mol. The second kappa shape index (κ2) is 5.95. The molecule has 0 spiro atoms. The smallest absolute Gasteiger partial charge is 0.222 e. The first-order valence-corrected chi connectivity index (χ1v) is 5.81. The molecule has 1 aromatic heterocycles. The molecule has 0 aliphatic heterocycles. The van der Waals surface area contributed by atoms with E-state index in [9.17, 15) is 4.39 Å². The number of rotatable bonds is 5. The molecule has 0 aliphatic carbocycles. The topological polar surface area (TPSA) is 63.8 Å². The summed E-state index contributed by atoms with van der Waals surface area (Å²) in [5, 5.41) is 2.92. The Labute approximate surface area is 105 Å². The van der Waals surface area contributed by atoms with E-state index in [0.717, 1.165) is 19.0 Å². The van der Waals surface area contributed by atoms with Gasteiger partial charge in [0.25, 0.3) is 0 Å². The molecule has 0 fully saturated rings. The first kappa shape index (κ1) is 12.3. The van der Waals surface area contributed by atoms with Gasteiger partial charge in [-0.2, -0.15) is 4.98 Å². The van der Waals surface area contributed by atoms with E-state index in [4.69, 9.17) is 5.73 Å². The van der Waals surface area contributed by atoms with Gasteiger partial charge in [-0.25, -0.2) is 9.37 Å². The molecule has 0 saturated heterocycles. The first-order valence-electron chi connectivity index (χ1n) is 5.81. The van der Waals surface area contributed by atoms with Gasteiger partial charge in [-0.15, -0.1) is 0 Å². The summed E-state index contributed by atoms with van der Waals surface area (Å²) in [4.78, 5) is 7.36. The normalized spacial score (nSPS) is 10.3. The Balaban J connectivity index is 1.80. The van der Waals surface area contributed by atoms with Crippen LogP contribution in [0, 0.1) is 5.82 Å². The lowest BCUT2D eigenvalue weighted by molar-refractivity contribution is 0.617. The van der Waals surface area contributed by atoms with Crippen LogP contribution in [0.4, 0.5) is 16.2 Å². The third kappa shape index (κ3) is 3.41. The van der Waals surface area contributed by atoms with E-state index in [1.54, 1.807) is 0 Å². The second-order valence-electron chi connectivity index (χ2n) is 3.94. The molecule has 1 aromatic carbocycles. The van der Waals surface area contributed by atoms with Gasteiger partial charge in [-0.05, 0) is 18.4 Å². The molecule has 18 heavy (non-hydrogen) atoms. The molecular weight excluding hydrogens is 231 g/mol. The van der Waals surface area contributed by atoms with Crippen LogP contribution in [0.1, 0.15) is 12.0 Å². The Morgan fingerprint density at radius 1 is 1.22 bits per heavy atom. The van der Waals surface area contributed by atoms with Gasteiger partial charge in [-0.3, -0.25) is 0 Å². The number of aryl methyl sites for hydroxylation is 1. The van der Waals surface area contributed by atoms with E-state index in [2.05, 4.69) is 27.4 Å². The zero-order valence-electron chi connectivity index (χ0n) is 9.94. The number of nitrogens with zero attached hydrogens (tertiary/aromatic N) is 2. The van der Waals surface area contributed by atoms with Crippen LogP contribution >= 0.6 is 0 Å². The quantitative estimate of drug-likeness (QED) is 0.794. The summed E-state index contributed by atoms with van der Waals surface area (Å²) in [7, 11) is 0. The predicted octanol–water partition coefficient (Wildman–Crippen LogP) is 2.24. The van der Waals surface area contributed by atoms with Crippen LogP contribution in [0.3, 0.4) is 0 Å². The number of anilines is 2. The van der Waals surface area contributed by atoms with Crippen molar-refractivity contribution in [2.24, 2.45) is 0 Å². The Kier molecular flexibility index (Phi) is 4.06. The Bertz CT molecular complexity index is 502. The van der Waals surface area contributed by atoms with Crippen molar-refractivity contribution in [3.05, 3.63) is 47.9 Å². The van der Waals surface area contributed by atoms with Crippen molar-refractivity contribution >= 4 is 11.8 Å². The summed E-state index contributed by atoms with van der Waals surface area (Å²) in [5.41, 5.74) is 6.66. The van der Waals surface area contributed by atoms with Gasteiger partial charge in [0, 0.05) is 6.54 Å². The molecule has 0 aliphatic rings. The number of hydrogen-bond donors (Lipinski definition) is 2. The molecule has 4 nitrogen and oxygen atoms in total. The molecule has 1 heterocycles. The van der Waals surface area contributed by atoms with Crippen molar-refractivity contribution in [2.45, 2.75) is 12.8 Å². The van der Waals surface area contributed by atoms with E-state index in [0.29, 0.717) is 6.54 Å². The highest BCUT2D eigenvalue weighted by Gasteiger charge is 2.04. The Morgan fingerprint density at radius 2 is 2.00 bits per heavy atom. The van der Waals surface area contributed by atoms with Gasteiger partial charge in [0.1, 0.15) is 0 Å². The summed E-state index contributed by atoms with van der Waals surface area (Å²) in [6.07, 6.45) is 2.91. The minimum absolute atomic E-state index is 0.0713. The SMILES string of the molecule is Nc1ncc(F)c(NCCCc2ccccc2)n1. The van der Waals surface area contributed by atoms with Crippen molar-refractivity contribution in [2.75, 3.05) is 17.6 Å². The minimum atomic E-state index is -0.482. The van der Waals surface area contributed by atoms with E-state index >= 15 is 0 Å². The Morgan fingerprint density at radius 3 is 2.78 bits per heavy atom. The molecular formula is C13H15FN4. The minimum Gasteiger partial charge on any atom is -0.368 e. The number of hydrogen-bond acceptors (Lipinski definition) is 4. The summed E-state index contributed by atoms with van der Waals surface area (Å²) in [6.45, 7) is 0.641. The van der Waals surface area contributed by atoms with Crippen LogP contribution < -0.4 is 11.1 Å². The van der Waals surface area contributed by atoms with Crippen LogP contribution in [0.2, 0.25) is 0 Å². The van der Waals surface area contributed by atoms with Crippen molar-refractivity contribution in [1.82, 2.24) is 9.97 Å². The maximum absolute atomic E-state index is 13.3. The molecule has 0 bridgehead atoms. The molecule has 2 aromatic rings. The summed E-state index contributed by atoms with van der Waals surface area (Å²) in [5.74, 6) is -0.249. The highest BCUT2D eigenvalue weighted by molar-refractivity contribution is 5.38. The number of nitrogens with two attached hydrogens (primary N) is 1. The van der Waals surface area contributed by atoms with E-state index in [1.165, 1.54) is 5.56 Å². The van der Waals surface area contributed by atoms with E-state index in [-0.39, 0.29) is 11.8 Å². The lowest BCUT2D eigenvalue weighted by Crippen LogP contribution is -2.08. The molecule has 0 amide bonds. The third-order valence-electron chi connectivity index (χ3n) is 2.54. The molecule has 94 valence electrons. The summed E-state index contributed by atoms with van der Waals surface area (Å²) in [6, 6.07) is 10.1. The lowest BCUT2D eigenvalue weighted by Gasteiger charge is -2.06. The van der Waals surface area contributed by atoms with Crippen LogP contribution in [0.25, 0.3) is 0 Å². The molecule has 0 radical (unpaired) electrons. The van der Waals surface area contributed by atoms with Gasteiger partial charge >= 0.3 is 0 Å². The highest BCUT2D eigenvalue weighted by Crippen LogP contribution is 2.10. The molecule has 0 saturated carbocycles. The molecule has 5 heteroatoms. The number of nitrogens with one attached hydrogen (secondary N) is 1. The number of nitrogen functional groups attached to an aromatic ring is 1. The molecule has 2 rings (SSSR count). The fourth-order valence-corrected chi connectivity index (χ4v) is 1.65. The maximum atomic E-state index is 13.3. The third-order valence-corrected chi connectivity index (χ3v) is 2.54. The van der Waals surface area contributed by atoms with Crippen molar-refractivity contribution < 1.29 is 4.39 Å².